The summed E-state index contributed by atoms with van der Waals surface area (Å²) >= 11 is 0. The minimum absolute atomic E-state index is 0.297. The van der Waals surface area contributed by atoms with Crippen molar-refractivity contribution in [2.75, 3.05) is 46.5 Å². The first kappa shape index (κ1) is 19.8. The van der Waals surface area contributed by atoms with E-state index in [1.807, 2.05) is 37.4 Å². The van der Waals surface area contributed by atoms with E-state index in [9.17, 15) is 5.11 Å². The van der Waals surface area contributed by atoms with E-state index < -0.39 is 6.10 Å². The Kier molecular flexibility index (Phi) is 7.66. The average molecular weight is 370 g/mol. The fraction of sp³-hybridized carbons (Fsp3) is 0.455. The summed E-state index contributed by atoms with van der Waals surface area (Å²) < 4.78 is 11.0. The fourth-order valence-corrected chi connectivity index (χ4v) is 3.34. The second-order valence-electron chi connectivity index (χ2n) is 7.18. The van der Waals surface area contributed by atoms with Crippen molar-refractivity contribution in [3.8, 4) is 5.75 Å². The smallest absolute Gasteiger partial charge is 0.119 e. The fourth-order valence-electron chi connectivity index (χ4n) is 3.34. The molecule has 2 aromatic carbocycles. The molecular weight excluding hydrogens is 340 g/mol. The molecule has 1 heterocycles. The molecule has 0 bridgehead atoms. The lowest BCUT2D eigenvalue weighted by molar-refractivity contribution is 0.0342. The van der Waals surface area contributed by atoms with Crippen molar-refractivity contribution in [3.05, 3.63) is 65.7 Å². The third-order valence-electron chi connectivity index (χ3n) is 4.66. The molecule has 0 spiro atoms. The zero-order valence-corrected chi connectivity index (χ0v) is 16.1. The number of hydrogen-bond acceptors (Lipinski definition) is 5. The van der Waals surface area contributed by atoms with E-state index in [1.165, 1.54) is 11.1 Å². The molecule has 27 heavy (non-hydrogen) atoms. The molecule has 1 aliphatic rings. The van der Waals surface area contributed by atoms with Crippen LogP contribution >= 0.6 is 0 Å². The molecule has 2 aromatic rings. The van der Waals surface area contributed by atoms with Crippen LogP contribution in [0, 0.1) is 0 Å². The molecule has 3 rings (SSSR count). The molecule has 5 nitrogen and oxygen atoms in total. The van der Waals surface area contributed by atoms with Gasteiger partial charge in [-0.05, 0) is 30.3 Å². The zero-order valence-electron chi connectivity index (χ0n) is 16.1. The number of ether oxygens (including phenoxy) is 2. The summed E-state index contributed by atoms with van der Waals surface area (Å²) in [6.07, 6.45) is -0.522. The maximum atomic E-state index is 10.2. The van der Waals surface area contributed by atoms with Crippen LogP contribution in [0.25, 0.3) is 0 Å². The van der Waals surface area contributed by atoms with E-state index in [4.69, 9.17) is 9.47 Å². The van der Waals surface area contributed by atoms with Crippen molar-refractivity contribution in [2.24, 2.45) is 0 Å². The van der Waals surface area contributed by atoms with Crippen LogP contribution in [-0.2, 0) is 17.8 Å². The maximum absolute atomic E-state index is 10.2. The Bertz CT molecular complexity index is 674. The Hall–Kier alpha value is -1.92. The minimum Gasteiger partial charge on any atom is -0.491 e. The van der Waals surface area contributed by atoms with Crippen molar-refractivity contribution < 1.29 is 14.6 Å². The first-order chi connectivity index (χ1) is 13.2. The SMILES string of the molecule is CN(Cc1cccc(CN2CCOCC2)c1)C[C@H](O)COc1ccccc1. The van der Waals surface area contributed by atoms with Crippen LogP contribution in [0.4, 0.5) is 0 Å². The van der Waals surface area contributed by atoms with Crippen molar-refractivity contribution in [1.29, 1.82) is 0 Å². The largest absolute Gasteiger partial charge is 0.491 e. The molecule has 146 valence electrons. The molecule has 0 amide bonds. The Labute approximate surface area is 162 Å². The predicted octanol–water partition coefficient (Wildman–Crippen LogP) is 2.39. The Balaban J connectivity index is 1.44. The van der Waals surface area contributed by atoms with Crippen LogP contribution in [0.15, 0.2) is 54.6 Å². The van der Waals surface area contributed by atoms with Crippen molar-refractivity contribution in [2.45, 2.75) is 19.2 Å². The topological polar surface area (TPSA) is 45.2 Å². The van der Waals surface area contributed by atoms with Crippen LogP contribution in [-0.4, -0.2) is 67.5 Å². The predicted molar refractivity (Wildman–Crippen MR) is 107 cm³/mol. The lowest BCUT2D eigenvalue weighted by atomic mass is 10.1. The third kappa shape index (κ3) is 6.96. The molecule has 0 aromatic heterocycles. The van der Waals surface area contributed by atoms with Gasteiger partial charge in [-0.25, -0.2) is 0 Å². The third-order valence-corrected chi connectivity index (χ3v) is 4.66. The second-order valence-corrected chi connectivity index (χ2v) is 7.18. The highest BCUT2D eigenvalue weighted by molar-refractivity contribution is 5.23. The van der Waals surface area contributed by atoms with Gasteiger partial charge in [0.05, 0.1) is 13.2 Å². The molecule has 1 N–H and O–H groups in total. The standard InChI is InChI=1S/C22H30N2O3/c1-23(17-21(25)18-27-22-8-3-2-4-9-22)15-19-6-5-7-20(14-19)16-24-10-12-26-13-11-24/h2-9,14,21,25H,10-13,15-18H2,1H3/t21-/m0/s1. The van der Waals surface area contributed by atoms with Crippen molar-refractivity contribution in [1.82, 2.24) is 9.80 Å². The zero-order chi connectivity index (χ0) is 18.9. The van der Waals surface area contributed by atoms with Gasteiger partial charge in [0.2, 0.25) is 0 Å². The summed E-state index contributed by atoms with van der Waals surface area (Å²) in [6.45, 7) is 6.28. The number of para-hydroxylation sites is 1. The number of nitrogens with zero attached hydrogens (tertiary/aromatic N) is 2. The molecule has 5 heteroatoms. The highest BCUT2D eigenvalue weighted by atomic mass is 16.5. The first-order valence-corrected chi connectivity index (χ1v) is 9.61. The Morgan fingerprint density at radius 3 is 2.59 bits per heavy atom. The number of hydrogen-bond donors (Lipinski definition) is 1. The van der Waals surface area contributed by atoms with Gasteiger partial charge in [0.1, 0.15) is 18.5 Å². The van der Waals surface area contributed by atoms with Crippen molar-refractivity contribution in [3.63, 3.8) is 0 Å². The molecule has 1 saturated heterocycles. The van der Waals surface area contributed by atoms with E-state index in [-0.39, 0.29) is 0 Å². The number of rotatable bonds is 9. The minimum atomic E-state index is -0.522. The Morgan fingerprint density at radius 2 is 1.81 bits per heavy atom. The number of likely N-dealkylation sites (N-methyl/N-ethyl adjacent to an activating group) is 1. The summed E-state index contributed by atoms with van der Waals surface area (Å²) in [6, 6.07) is 18.3. The number of morpholine rings is 1. The normalized spacial score (nSPS) is 16.4. The highest BCUT2D eigenvalue weighted by Gasteiger charge is 2.12. The first-order valence-electron chi connectivity index (χ1n) is 9.61. The van der Waals surface area contributed by atoms with E-state index >= 15 is 0 Å². The Morgan fingerprint density at radius 1 is 1.07 bits per heavy atom. The van der Waals surface area contributed by atoms with Crippen LogP contribution in [0.3, 0.4) is 0 Å². The van der Waals surface area contributed by atoms with Gasteiger partial charge in [-0.1, -0.05) is 42.5 Å². The van der Waals surface area contributed by atoms with Gasteiger partial charge < -0.3 is 14.6 Å². The van der Waals surface area contributed by atoms with E-state index in [0.717, 1.165) is 45.1 Å². The molecule has 1 aliphatic heterocycles. The second kappa shape index (κ2) is 10.4. The molecule has 0 radical (unpaired) electrons. The van der Waals surface area contributed by atoms with Gasteiger partial charge in [-0.3, -0.25) is 9.80 Å². The maximum Gasteiger partial charge on any atom is 0.119 e. The summed E-state index contributed by atoms with van der Waals surface area (Å²) in [7, 11) is 2.03. The van der Waals surface area contributed by atoms with Gasteiger partial charge in [0.25, 0.3) is 0 Å². The van der Waals surface area contributed by atoms with E-state index in [1.54, 1.807) is 0 Å². The lowest BCUT2D eigenvalue weighted by Crippen LogP contribution is -2.35. The van der Waals surface area contributed by atoms with Crippen LogP contribution in [0.5, 0.6) is 5.75 Å². The molecule has 0 aliphatic carbocycles. The van der Waals surface area contributed by atoms with Crippen LogP contribution in [0.1, 0.15) is 11.1 Å². The quantitative estimate of drug-likeness (QED) is 0.734. The molecule has 0 unspecified atom stereocenters. The molecule has 1 fully saturated rings. The van der Waals surface area contributed by atoms with Gasteiger partial charge in [-0.2, -0.15) is 0 Å². The van der Waals surface area contributed by atoms with E-state index in [2.05, 4.69) is 34.1 Å². The summed E-state index contributed by atoms with van der Waals surface area (Å²) in [5, 5.41) is 10.2. The van der Waals surface area contributed by atoms with Crippen molar-refractivity contribution >= 4 is 0 Å². The van der Waals surface area contributed by atoms with Gasteiger partial charge in [0.15, 0.2) is 0 Å². The molecule has 0 saturated carbocycles. The monoisotopic (exact) mass is 370 g/mol. The number of benzene rings is 2. The summed E-state index contributed by atoms with van der Waals surface area (Å²) in [5.41, 5.74) is 2.59. The van der Waals surface area contributed by atoms with Crippen LogP contribution in [0.2, 0.25) is 0 Å². The summed E-state index contributed by atoms with van der Waals surface area (Å²) in [5.74, 6) is 0.787. The summed E-state index contributed by atoms with van der Waals surface area (Å²) in [4.78, 5) is 4.56. The van der Waals surface area contributed by atoms with Crippen LogP contribution < -0.4 is 4.74 Å². The molecular formula is C22H30N2O3. The van der Waals surface area contributed by atoms with Gasteiger partial charge in [-0.15, -0.1) is 0 Å². The highest BCUT2D eigenvalue weighted by Crippen LogP contribution is 2.12. The number of aliphatic hydroxyl groups is 1. The van der Waals surface area contributed by atoms with Gasteiger partial charge in [0, 0.05) is 32.7 Å². The lowest BCUT2D eigenvalue weighted by Gasteiger charge is -2.27. The number of aliphatic hydroxyl groups excluding tert-OH is 1. The van der Waals surface area contributed by atoms with E-state index in [0.29, 0.717) is 13.2 Å². The molecule has 1 atom stereocenters. The van der Waals surface area contributed by atoms with Gasteiger partial charge >= 0.3 is 0 Å². The average Bonchev–Trinajstić information content (AvgIpc) is 2.68.